The number of nitrogens with zero attached hydrogens (tertiary/aromatic N) is 2. The lowest BCUT2D eigenvalue weighted by molar-refractivity contribution is 0.328. The number of hydrogen-bond acceptors (Lipinski definition) is 4. The normalized spacial score (nSPS) is 13.3. The molecule has 6 heteroatoms. The van der Waals surface area contributed by atoms with Crippen LogP contribution in [0.3, 0.4) is 0 Å². The molecular weight excluding hydrogens is 337 g/mol. The number of hydrogen-bond donors (Lipinski definition) is 1. The quantitative estimate of drug-likeness (QED) is 0.728. The summed E-state index contributed by atoms with van der Waals surface area (Å²) in [5.41, 5.74) is 1.04. The van der Waals surface area contributed by atoms with Gasteiger partial charge in [-0.2, -0.15) is 0 Å². The second kappa shape index (κ2) is 6.67. The van der Waals surface area contributed by atoms with Crippen LogP contribution in [0.15, 0.2) is 29.3 Å². The third kappa shape index (κ3) is 4.12. The second-order valence-corrected chi connectivity index (χ2v) is 8.59. The smallest absolute Gasteiger partial charge is 0.268 e. The molecule has 3 rings (SSSR count). The lowest BCUT2D eigenvalue weighted by Gasteiger charge is -2.22. The highest BCUT2D eigenvalue weighted by Gasteiger charge is 2.18. The van der Waals surface area contributed by atoms with E-state index in [1.807, 2.05) is 6.42 Å². The van der Waals surface area contributed by atoms with E-state index in [2.05, 4.69) is 42.6 Å². The molecule has 1 atom stereocenters. The maximum Gasteiger partial charge on any atom is 0.268 e. The largest absolute Gasteiger partial charge is 0.309 e. The minimum Gasteiger partial charge on any atom is -0.309 e. The first kappa shape index (κ1) is 17.7. The summed E-state index contributed by atoms with van der Waals surface area (Å²) in [7, 11) is 0. The van der Waals surface area contributed by atoms with E-state index in [9.17, 15) is 9.18 Å². The number of aromatic nitrogens is 3. The van der Waals surface area contributed by atoms with E-state index < -0.39 is 5.82 Å². The van der Waals surface area contributed by atoms with Gasteiger partial charge in [0.2, 0.25) is 0 Å². The summed E-state index contributed by atoms with van der Waals surface area (Å²) in [4.78, 5) is 24.2. The van der Waals surface area contributed by atoms with E-state index in [1.54, 1.807) is 12.1 Å². The summed E-state index contributed by atoms with van der Waals surface area (Å²) in [6.45, 7) is 8.67. The van der Waals surface area contributed by atoms with Gasteiger partial charge < -0.3 is 4.98 Å². The Kier molecular flexibility index (Phi) is 4.73. The Labute approximate surface area is 150 Å². The van der Waals surface area contributed by atoms with Crippen LogP contribution in [0.4, 0.5) is 4.39 Å². The van der Waals surface area contributed by atoms with Crippen molar-refractivity contribution in [2.45, 2.75) is 34.1 Å². The van der Waals surface area contributed by atoms with Gasteiger partial charge >= 0.3 is 0 Å². The van der Waals surface area contributed by atoms with E-state index in [0.29, 0.717) is 26.5 Å². The standard InChI is InChI=1S/C19H21FN3OS/c1-11(9-19(2,3)4)7-16-22-14-8-15(25-17(14)18(24)23-16)12-5-6-21-10-13(12)20/h5-8,10-11H,9H2,1-4H3,(H,22,23,24)/t11-/m1/s1. The molecule has 3 aromatic heterocycles. The van der Waals surface area contributed by atoms with Crippen molar-refractivity contribution in [2.24, 2.45) is 11.3 Å². The van der Waals surface area contributed by atoms with Gasteiger partial charge in [0, 0.05) is 23.1 Å². The Morgan fingerprint density at radius 3 is 2.84 bits per heavy atom. The van der Waals surface area contributed by atoms with Crippen LogP contribution in [0.1, 0.15) is 39.9 Å². The average Bonchev–Trinajstić information content (AvgIpc) is 2.90. The Morgan fingerprint density at radius 1 is 1.40 bits per heavy atom. The fourth-order valence-corrected chi connectivity index (χ4v) is 4.06. The van der Waals surface area contributed by atoms with Gasteiger partial charge in [-0.25, -0.2) is 9.37 Å². The van der Waals surface area contributed by atoms with Gasteiger partial charge in [-0.1, -0.05) is 27.7 Å². The maximum absolute atomic E-state index is 13.9. The first-order chi connectivity index (χ1) is 11.7. The Hall–Kier alpha value is -2.08. The van der Waals surface area contributed by atoms with Crippen molar-refractivity contribution >= 4 is 21.6 Å². The highest BCUT2D eigenvalue weighted by atomic mass is 32.1. The predicted octanol–water partition coefficient (Wildman–Crippen LogP) is 4.81. The zero-order chi connectivity index (χ0) is 18.2. The van der Waals surface area contributed by atoms with Crippen LogP contribution in [-0.4, -0.2) is 15.0 Å². The Bertz CT molecular complexity index is 955. The van der Waals surface area contributed by atoms with Crippen LogP contribution in [0.2, 0.25) is 0 Å². The van der Waals surface area contributed by atoms with Crippen LogP contribution < -0.4 is 5.56 Å². The van der Waals surface area contributed by atoms with Gasteiger partial charge in [-0.3, -0.25) is 9.78 Å². The molecule has 0 unspecified atom stereocenters. The molecule has 0 saturated heterocycles. The molecule has 0 bridgehead atoms. The second-order valence-electron chi connectivity index (χ2n) is 7.54. The molecular formula is C19H21FN3OS. The summed E-state index contributed by atoms with van der Waals surface area (Å²) in [6.07, 6.45) is 5.68. The minimum absolute atomic E-state index is 0.190. The predicted molar refractivity (Wildman–Crippen MR) is 100 cm³/mol. The number of halogens is 1. The highest BCUT2D eigenvalue weighted by molar-refractivity contribution is 7.22. The van der Waals surface area contributed by atoms with Gasteiger partial charge in [0.15, 0.2) is 0 Å². The molecule has 0 aliphatic heterocycles. The summed E-state index contributed by atoms with van der Waals surface area (Å²) in [5, 5.41) is 0. The van der Waals surface area contributed by atoms with Crippen LogP contribution in [-0.2, 0) is 0 Å². The Balaban J connectivity index is 1.95. The highest BCUT2D eigenvalue weighted by Crippen LogP contribution is 2.32. The van der Waals surface area contributed by atoms with E-state index in [4.69, 9.17) is 0 Å². The number of thiophene rings is 1. The molecule has 0 spiro atoms. The van der Waals surface area contributed by atoms with Gasteiger partial charge in [0.1, 0.15) is 16.3 Å². The zero-order valence-electron chi connectivity index (χ0n) is 14.8. The van der Waals surface area contributed by atoms with Crippen molar-refractivity contribution in [3.63, 3.8) is 0 Å². The van der Waals surface area contributed by atoms with Crippen molar-refractivity contribution in [1.29, 1.82) is 0 Å². The van der Waals surface area contributed by atoms with Crippen LogP contribution in [0.25, 0.3) is 20.7 Å². The summed E-state index contributed by atoms with van der Waals surface area (Å²) < 4.78 is 14.5. The maximum atomic E-state index is 13.9. The van der Waals surface area contributed by atoms with E-state index >= 15 is 0 Å². The molecule has 131 valence electrons. The van der Waals surface area contributed by atoms with Crippen LogP contribution in [0, 0.1) is 23.6 Å². The van der Waals surface area contributed by atoms with Crippen LogP contribution >= 0.6 is 11.3 Å². The molecule has 4 nitrogen and oxygen atoms in total. The minimum atomic E-state index is -0.406. The fourth-order valence-electron chi connectivity index (χ4n) is 3.04. The monoisotopic (exact) mass is 358 g/mol. The number of pyridine rings is 1. The van der Waals surface area contributed by atoms with Gasteiger partial charge in [-0.15, -0.1) is 11.3 Å². The summed E-state index contributed by atoms with van der Waals surface area (Å²) in [5.74, 6) is 0.446. The lowest BCUT2D eigenvalue weighted by atomic mass is 9.84. The molecule has 0 saturated carbocycles. The first-order valence-electron chi connectivity index (χ1n) is 8.21. The van der Waals surface area contributed by atoms with E-state index in [1.165, 1.54) is 23.7 Å². The van der Waals surface area contributed by atoms with Gasteiger partial charge in [-0.05, 0) is 29.9 Å². The number of nitrogens with one attached hydrogen (secondary N) is 1. The van der Waals surface area contributed by atoms with Crippen molar-refractivity contribution in [2.75, 3.05) is 0 Å². The molecule has 0 aromatic carbocycles. The zero-order valence-corrected chi connectivity index (χ0v) is 15.6. The van der Waals surface area contributed by atoms with Gasteiger partial charge in [0.05, 0.1) is 11.7 Å². The third-order valence-corrected chi connectivity index (χ3v) is 4.97. The fraction of sp³-hybridized carbons (Fsp3) is 0.368. The van der Waals surface area contributed by atoms with Crippen molar-refractivity contribution in [1.82, 2.24) is 15.0 Å². The van der Waals surface area contributed by atoms with Crippen molar-refractivity contribution in [3.05, 3.63) is 52.9 Å². The molecule has 3 aromatic rings. The number of aromatic amines is 1. The number of rotatable bonds is 4. The SMILES string of the molecule is C[C@H]([CH]c1nc2cc(-c3ccncc3F)sc2c(=O)[nH]1)CC(C)(C)C. The molecule has 1 radical (unpaired) electrons. The average molecular weight is 358 g/mol. The van der Waals surface area contributed by atoms with Crippen LogP contribution in [0.5, 0.6) is 0 Å². The third-order valence-electron chi connectivity index (χ3n) is 3.82. The van der Waals surface area contributed by atoms with Crippen molar-refractivity contribution < 1.29 is 4.39 Å². The van der Waals surface area contributed by atoms with Crippen molar-refractivity contribution in [3.8, 4) is 10.4 Å². The Morgan fingerprint density at radius 2 is 2.16 bits per heavy atom. The first-order valence-corrected chi connectivity index (χ1v) is 9.03. The molecule has 3 heterocycles. The lowest BCUT2D eigenvalue weighted by Crippen LogP contribution is -2.15. The topological polar surface area (TPSA) is 58.6 Å². The molecule has 0 aliphatic rings. The molecule has 1 N–H and O–H groups in total. The van der Waals surface area contributed by atoms with E-state index in [-0.39, 0.29) is 16.9 Å². The molecule has 0 fully saturated rings. The molecule has 0 aliphatic carbocycles. The van der Waals surface area contributed by atoms with E-state index in [0.717, 1.165) is 6.42 Å². The summed E-state index contributed by atoms with van der Waals surface area (Å²) in [6, 6.07) is 3.37. The summed E-state index contributed by atoms with van der Waals surface area (Å²) >= 11 is 1.24. The van der Waals surface area contributed by atoms with Gasteiger partial charge in [0.25, 0.3) is 5.56 Å². The molecule has 0 amide bonds. The molecule has 25 heavy (non-hydrogen) atoms. The number of fused-ring (bicyclic) bond motifs is 1. The number of H-pyrrole nitrogens is 1.